The number of nitrogens with zero attached hydrogens (tertiary/aromatic N) is 2. The van der Waals surface area contributed by atoms with Crippen molar-refractivity contribution < 1.29 is 4.79 Å². The summed E-state index contributed by atoms with van der Waals surface area (Å²) < 4.78 is 2.19. The Labute approximate surface area is 153 Å². The number of hydrogen-bond acceptors (Lipinski definition) is 2. The lowest BCUT2D eigenvalue weighted by Gasteiger charge is -2.09. The van der Waals surface area contributed by atoms with E-state index < -0.39 is 5.91 Å². The molecule has 25 heavy (non-hydrogen) atoms. The van der Waals surface area contributed by atoms with Crippen LogP contribution in [-0.4, -0.2) is 10.5 Å². The highest BCUT2D eigenvalue weighted by atomic mass is 35.5. The summed E-state index contributed by atoms with van der Waals surface area (Å²) in [6, 6.07) is 9.26. The molecule has 0 saturated carbocycles. The molecule has 130 valence electrons. The fourth-order valence-corrected chi connectivity index (χ4v) is 2.94. The van der Waals surface area contributed by atoms with E-state index in [9.17, 15) is 10.1 Å². The van der Waals surface area contributed by atoms with Crippen molar-refractivity contribution in [3.05, 3.63) is 57.4 Å². The van der Waals surface area contributed by atoms with Crippen LogP contribution in [0.4, 0.5) is 5.69 Å². The maximum Gasteiger partial charge on any atom is 0.266 e. The molecule has 1 N–H and O–H groups in total. The molecule has 0 aliphatic rings. The first-order chi connectivity index (χ1) is 11.9. The molecular formula is C20H22ClN3O. The first-order valence-corrected chi connectivity index (χ1v) is 8.61. The van der Waals surface area contributed by atoms with Crippen LogP contribution in [0.2, 0.25) is 5.02 Å². The molecule has 0 fully saturated rings. The van der Waals surface area contributed by atoms with Crippen molar-refractivity contribution in [2.24, 2.45) is 0 Å². The second-order valence-electron chi connectivity index (χ2n) is 6.06. The van der Waals surface area contributed by atoms with Crippen molar-refractivity contribution in [3.8, 4) is 6.07 Å². The fourth-order valence-electron chi connectivity index (χ4n) is 2.76. The molecule has 4 nitrogen and oxygen atoms in total. The van der Waals surface area contributed by atoms with Gasteiger partial charge in [0.2, 0.25) is 0 Å². The Morgan fingerprint density at radius 3 is 2.68 bits per heavy atom. The van der Waals surface area contributed by atoms with E-state index in [0.29, 0.717) is 10.7 Å². The summed E-state index contributed by atoms with van der Waals surface area (Å²) in [4.78, 5) is 12.5. The molecule has 0 atom stereocenters. The van der Waals surface area contributed by atoms with Gasteiger partial charge in [-0.15, -0.1) is 0 Å². The minimum atomic E-state index is -0.437. The number of benzene rings is 1. The van der Waals surface area contributed by atoms with Crippen LogP contribution in [0.1, 0.15) is 35.9 Å². The van der Waals surface area contributed by atoms with Gasteiger partial charge in [-0.25, -0.2) is 0 Å². The van der Waals surface area contributed by atoms with E-state index in [2.05, 4.69) is 16.8 Å². The molecule has 1 aromatic heterocycles. The molecule has 0 unspecified atom stereocenters. The molecule has 1 heterocycles. The van der Waals surface area contributed by atoms with E-state index in [0.717, 1.165) is 35.5 Å². The van der Waals surface area contributed by atoms with Crippen LogP contribution < -0.4 is 5.32 Å². The smallest absolute Gasteiger partial charge is 0.266 e. The Morgan fingerprint density at radius 2 is 2.04 bits per heavy atom. The SMILES string of the molecule is CCCn1c(C)cc(C=C(C#N)C(=O)Nc2cc(Cl)ccc2C)c1C. The highest BCUT2D eigenvalue weighted by molar-refractivity contribution is 6.31. The molecule has 0 bridgehead atoms. The van der Waals surface area contributed by atoms with Gasteiger partial charge in [-0.2, -0.15) is 5.26 Å². The number of nitriles is 1. The predicted molar refractivity (Wildman–Crippen MR) is 103 cm³/mol. The molecule has 1 amide bonds. The van der Waals surface area contributed by atoms with Crippen molar-refractivity contribution in [2.75, 3.05) is 5.32 Å². The van der Waals surface area contributed by atoms with Crippen LogP contribution in [0.3, 0.4) is 0 Å². The summed E-state index contributed by atoms with van der Waals surface area (Å²) >= 11 is 5.98. The fraction of sp³-hybridized carbons (Fsp3) is 0.300. The lowest BCUT2D eigenvalue weighted by atomic mass is 10.1. The van der Waals surface area contributed by atoms with Gasteiger partial charge < -0.3 is 9.88 Å². The number of nitrogens with one attached hydrogen (secondary N) is 1. The van der Waals surface area contributed by atoms with E-state index in [1.165, 1.54) is 0 Å². The van der Waals surface area contributed by atoms with Crippen LogP contribution >= 0.6 is 11.6 Å². The number of amides is 1. The summed E-state index contributed by atoms with van der Waals surface area (Å²) in [6.07, 6.45) is 2.67. The third-order valence-electron chi connectivity index (χ3n) is 4.17. The topological polar surface area (TPSA) is 57.8 Å². The van der Waals surface area contributed by atoms with Gasteiger partial charge in [0, 0.05) is 28.6 Å². The molecule has 2 aromatic rings. The number of aryl methyl sites for hydroxylation is 2. The summed E-state index contributed by atoms with van der Waals surface area (Å²) in [5.41, 5.74) is 4.62. The average molecular weight is 356 g/mol. The number of halogens is 1. The van der Waals surface area contributed by atoms with Gasteiger partial charge in [-0.3, -0.25) is 4.79 Å². The van der Waals surface area contributed by atoms with E-state index >= 15 is 0 Å². The van der Waals surface area contributed by atoms with Crippen LogP contribution in [0.5, 0.6) is 0 Å². The van der Waals surface area contributed by atoms with Gasteiger partial charge in [0.25, 0.3) is 5.91 Å². The molecule has 2 rings (SSSR count). The zero-order chi connectivity index (χ0) is 18.6. The maximum atomic E-state index is 12.5. The Kier molecular flexibility index (Phi) is 6.06. The van der Waals surface area contributed by atoms with Crippen molar-refractivity contribution in [1.82, 2.24) is 4.57 Å². The summed E-state index contributed by atoms with van der Waals surface area (Å²) in [7, 11) is 0. The van der Waals surface area contributed by atoms with Gasteiger partial charge in [0.1, 0.15) is 11.6 Å². The molecule has 1 aromatic carbocycles. The van der Waals surface area contributed by atoms with Gasteiger partial charge in [-0.1, -0.05) is 24.6 Å². The van der Waals surface area contributed by atoms with E-state index in [1.54, 1.807) is 18.2 Å². The summed E-state index contributed by atoms with van der Waals surface area (Å²) in [6.45, 7) is 8.95. The number of anilines is 1. The van der Waals surface area contributed by atoms with Crippen LogP contribution in [0.25, 0.3) is 6.08 Å². The Hall–Kier alpha value is -2.51. The van der Waals surface area contributed by atoms with Crippen LogP contribution in [0.15, 0.2) is 29.8 Å². The van der Waals surface area contributed by atoms with Crippen LogP contribution in [0, 0.1) is 32.1 Å². The molecule has 0 aliphatic carbocycles. The zero-order valence-corrected chi connectivity index (χ0v) is 15.7. The highest BCUT2D eigenvalue weighted by Gasteiger charge is 2.14. The van der Waals surface area contributed by atoms with E-state index in [1.807, 2.05) is 39.0 Å². The minimum Gasteiger partial charge on any atom is -0.349 e. The zero-order valence-electron chi connectivity index (χ0n) is 15.0. The normalized spacial score (nSPS) is 11.3. The highest BCUT2D eigenvalue weighted by Crippen LogP contribution is 2.22. The third kappa shape index (κ3) is 4.32. The van der Waals surface area contributed by atoms with Gasteiger partial charge >= 0.3 is 0 Å². The lowest BCUT2D eigenvalue weighted by Crippen LogP contribution is -2.14. The molecule has 0 spiro atoms. The molecular weight excluding hydrogens is 334 g/mol. The second kappa shape index (κ2) is 8.04. The van der Waals surface area contributed by atoms with Crippen molar-refractivity contribution in [1.29, 1.82) is 5.26 Å². The standard InChI is InChI=1S/C20H22ClN3O/c1-5-8-24-14(3)9-16(15(24)4)10-17(12-22)20(25)23-19-11-18(21)7-6-13(19)2/h6-7,9-11H,5,8H2,1-4H3,(H,23,25). The number of aromatic nitrogens is 1. The number of hydrogen-bond donors (Lipinski definition) is 1. The van der Waals surface area contributed by atoms with E-state index in [4.69, 9.17) is 11.6 Å². The minimum absolute atomic E-state index is 0.0659. The number of carbonyl (C=O) groups is 1. The van der Waals surface area contributed by atoms with Crippen LogP contribution in [-0.2, 0) is 11.3 Å². The predicted octanol–water partition coefficient (Wildman–Crippen LogP) is 5.02. The Balaban J connectivity index is 2.32. The quantitative estimate of drug-likeness (QED) is 0.604. The Bertz CT molecular complexity index is 872. The Morgan fingerprint density at radius 1 is 1.32 bits per heavy atom. The lowest BCUT2D eigenvalue weighted by molar-refractivity contribution is -0.112. The summed E-state index contributed by atoms with van der Waals surface area (Å²) in [5, 5.41) is 12.7. The second-order valence-corrected chi connectivity index (χ2v) is 6.50. The maximum absolute atomic E-state index is 12.5. The first kappa shape index (κ1) is 18.8. The van der Waals surface area contributed by atoms with Gasteiger partial charge in [0.15, 0.2) is 0 Å². The first-order valence-electron chi connectivity index (χ1n) is 8.23. The third-order valence-corrected chi connectivity index (χ3v) is 4.41. The van der Waals surface area contributed by atoms with Crippen molar-refractivity contribution in [3.63, 3.8) is 0 Å². The van der Waals surface area contributed by atoms with Crippen molar-refractivity contribution >= 4 is 29.3 Å². The largest absolute Gasteiger partial charge is 0.349 e. The average Bonchev–Trinajstić information content (AvgIpc) is 2.83. The van der Waals surface area contributed by atoms with Gasteiger partial charge in [-0.05, 0) is 62.6 Å². The summed E-state index contributed by atoms with van der Waals surface area (Å²) in [5.74, 6) is -0.437. The monoisotopic (exact) mass is 355 g/mol. The molecule has 5 heteroatoms. The van der Waals surface area contributed by atoms with E-state index in [-0.39, 0.29) is 5.57 Å². The molecule has 0 radical (unpaired) electrons. The number of carbonyl (C=O) groups excluding carboxylic acids is 1. The molecule has 0 saturated heterocycles. The van der Waals surface area contributed by atoms with Gasteiger partial charge in [0.05, 0.1) is 0 Å². The van der Waals surface area contributed by atoms with Crippen molar-refractivity contribution in [2.45, 2.75) is 40.7 Å². The number of rotatable bonds is 5. The molecule has 0 aliphatic heterocycles.